The quantitative estimate of drug-likeness (QED) is 0.809. The zero-order chi connectivity index (χ0) is 15.9. The number of benzene rings is 1. The molecule has 1 amide bonds. The Hall–Kier alpha value is -2.48. The topological polar surface area (TPSA) is 76.4 Å². The van der Waals surface area contributed by atoms with Crippen LogP contribution in [0.2, 0.25) is 0 Å². The number of hydrogen-bond acceptors (Lipinski definition) is 4. The number of alkyl halides is 2. The summed E-state index contributed by atoms with van der Waals surface area (Å²) in [7, 11) is 0. The number of aliphatic hydroxyl groups excluding tert-OH is 1. The Morgan fingerprint density at radius 3 is 2.95 bits per heavy atom. The molecule has 118 valence electrons. The molecule has 2 aromatic rings. The monoisotopic (exact) mass is 311 g/mol. The number of nitrogens with one attached hydrogen (secondary N) is 1. The van der Waals surface area contributed by atoms with E-state index in [2.05, 4.69) is 15.0 Å². The number of amides is 1. The minimum Gasteiger partial charge on any atom is -0.435 e. The van der Waals surface area contributed by atoms with E-state index in [1.165, 1.54) is 24.5 Å². The number of carbonyl (C=O) groups is 1. The summed E-state index contributed by atoms with van der Waals surface area (Å²) < 4.78 is 30.1. The maximum absolute atomic E-state index is 12.1. The summed E-state index contributed by atoms with van der Waals surface area (Å²) in [6, 6.07) is 5.72. The van der Waals surface area contributed by atoms with Crippen molar-refractivity contribution in [1.82, 2.24) is 14.9 Å². The van der Waals surface area contributed by atoms with Crippen LogP contribution in [0.4, 0.5) is 8.78 Å². The molecule has 0 bridgehead atoms. The van der Waals surface area contributed by atoms with Crippen molar-refractivity contribution in [1.29, 1.82) is 0 Å². The highest BCUT2D eigenvalue weighted by Gasteiger charge is 2.12. The van der Waals surface area contributed by atoms with Gasteiger partial charge in [-0.1, -0.05) is 12.1 Å². The molecule has 22 heavy (non-hydrogen) atoms. The Morgan fingerprint density at radius 1 is 1.45 bits per heavy atom. The van der Waals surface area contributed by atoms with Crippen molar-refractivity contribution in [2.45, 2.75) is 19.3 Å². The van der Waals surface area contributed by atoms with Crippen molar-refractivity contribution in [3.8, 4) is 5.75 Å². The van der Waals surface area contributed by atoms with Gasteiger partial charge < -0.3 is 19.7 Å². The van der Waals surface area contributed by atoms with Crippen LogP contribution in [0.1, 0.15) is 11.7 Å². The number of hydrogen-bond donors (Lipinski definition) is 2. The van der Waals surface area contributed by atoms with E-state index in [9.17, 15) is 18.7 Å². The van der Waals surface area contributed by atoms with Gasteiger partial charge in [0.25, 0.3) is 0 Å². The zero-order valence-corrected chi connectivity index (χ0v) is 11.5. The third kappa shape index (κ3) is 4.81. The lowest BCUT2D eigenvalue weighted by Crippen LogP contribution is -2.31. The average molecular weight is 311 g/mol. The van der Waals surface area contributed by atoms with Crippen LogP contribution < -0.4 is 10.1 Å². The van der Waals surface area contributed by atoms with E-state index in [-0.39, 0.29) is 24.7 Å². The molecule has 1 aromatic carbocycles. The number of nitrogens with zero attached hydrogens (tertiary/aromatic N) is 2. The minimum absolute atomic E-state index is 0.0360. The largest absolute Gasteiger partial charge is 0.435 e. The van der Waals surface area contributed by atoms with Crippen molar-refractivity contribution < 1.29 is 23.4 Å². The number of ether oxygens (including phenoxy) is 1. The summed E-state index contributed by atoms with van der Waals surface area (Å²) in [6.45, 7) is -2.88. The van der Waals surface area contributed by atoms with Gasteiger partial charge in [-0.15, -0.1) is 0 Å². The van der Waals surface area contributed by atoms with Crippen LogP contribution in [0.3, 0.4) is 0 Å². The molecule has 1 unspecified atom stereocenters. The number of halogens is 2. The van der Waals surface area contributed by atoms with Gasteiger partial charge in [0.2, 0.25) is 5.91 Å². The van der Waals surface area contributed by atoms with Gasteiger partial charge in [-0.3, -0.25) is 4.79 Å². The second kappa shape index (κ2) is 7.51. The average Bonchev–Trinajstić information content (AvgIpc) is 2.97. The van der Waals surface area contributed by atoms with E-state index in [1.807, 2.05) is 0 Å². The normalized spacial score (nSPS) is 12.2. The van der Waals surface area contributed by atoms with Crippen molar-refractivity contribution >= 4 is 5.91 Å². The van der Waals surface area contributed by atoms with Crippen LogP contribution >= 0.6 is 0 Å². The Kier molecular flexibility index (Phi) is 5.42. The second-order valence-corrected chi connectivity index (χ2v) is 4.51. The molecular formula is C14H15F2N3O3. The molecule has 6 nitrogen and oxygen atoms in total. The summed E-state index contributed by atoms with van der Waals surface area (Å²) in [6.07, 6.45) is 3.67. The molecule has 1 atom stereocenters. The van der Waals surface area contributed by atoms with Crippen LogP contribution in [-0.2, 0) is 11.3 Å². The molecule has 0 aliphatic rings. The first-order valence-corrected chi connectivity index (χ1v) is 6.50. The summed E-state index contributed by atoms with van der Waals surface area (Å²) in [5.74, 6) is -0.340. The number of imidazole rings is 1. The first kappa shape index (κ1) is 15.9. The Bertz CT molecular complexity index is 605. The lowest BCUT2D eigenvalue weighted by molar-refractivity contribution is -0.122. The fraction of sp³-hybridized carbons (Fsp3) is 0.286. The molecule has 0 saturated carbocycles. The fourth-order valence-electron chi connectivity index (χ4n) is 1.83. The minimum atomic E-state index is -2.93. The van der Waals surface area contributed by atoms with Crippen molar-refractivity contribution in [2.75, 3.05) is 6.54 Å². The lowest BCUT2D eigenvalue weighted by atomic mass is 10.1. The molecule has 8 heteroatoms. The van der Waals surface area contributed by atoms with Crippen LogP contribution in [-0.4, -0.2) is 33.7 Å². The SMILES string of the molecule is O=C(Cn1ccnc1)NCC(O)c1cccc(OC(F)F)c1. The van der Waals surface area contributed by atoms with E-state index in [4.69, 9.17) is 0 Å². The van der Waals surface area contributed by atoms with Gasteiger partial charge in [-0.05, 0) is 17.7 Å². The zero-order valence-electron chi connectivity index (χ0n) is 11.5. The molecule has 0 aliphatic heterocycles. The number of rotatable bonds is 7. The Labute approximate surface area is 125 Å². The van der Waals surface area contributed by atoms with E-state index < -0.39 is 12.7 Å². The third-order valence-electron chi connectivity index (χ3n) is 2.85. The van der Waals surface area contributed by atoms with Gasteiger partial charge in [-0.2, -0.15) is 8.78 Å². The van der Waals surface area contributed by atoms with Gasteiger partial charge >= 0.3 is 6.61 Å². The molecular weight excluding hydrogens is 296 g/mol. The van der Waals surface area contributed by atoms with Gasteiger partial charge in [0.15, 0.2) is 0 Å². The molecule has 1 heterocycles. The number of aromatic nitrogens is 2. The maximum atomic E-state index is 12.1. The first-order valence-electron chi connectivity index (χ1n) is 6.50. The van der Waals surface area contributed by atoms with E-state index >= 15 is 0 Å². The van der Waals surface area contributed by atoms with Crippen molar-refractivity contribution in [3.05, 3.63) is 48.5 Å². The third-order valence-corrected chi connectivity index (χ3v) is 2.85. The highest BCUT2D eigenvalue weighted by molar-refractivity contribution is 5.75. The predicted octanol–water partition coefficient (Wildman–Crippen LogP) is 1.33. The van der Waals surface area contributed by atoms with Gasteiger partial charge in [0.05, 0.1) is 12.4 Å². The molecule has 0 aliphatic carbocycles. The van der Waals surface area contributed by atoms with E-state index in [0.717, 1.165) is 0 Å². The summed E-state index contributed by atoms with van der Waals surface area (Å²) in [5.41, 5.74) is 0.376. The molecule has 2 rings (SSSR count). The Morgan fingerprint density at radius 2 is 2.27 bits per heavy atom. The first-order chi connectivity index (χ1) is 10.5. The molecule has 1 aromatic heterocycles. The van der Waals surface area contributed by atoms with Crippen LogP contribution in [0.15, 0.2) is 43.0 Å². The van der Waals surface area contributed by atoms with Crippen LogP contribution in [0.25, 0.3) is 0 Å². The maximum Gasteiger partial charge on any atom is 0.387 e. The number of carbonyl (C=O) groups excluding carboxylic acids is 1. The molecule has 0 spiro atoms. The highest BCUT2D eigenvalue weighted by atomic mass is 19.3. The van der Waals surface area contributed by atoms with E-state index in [1.54, 1.807) is 23.0 Å². The molecule has 0 radical (unpaired) electrons. The summed E-state index contributed by atoms with van der Waals surface area (Å²) in [4.78, 5) is 15.5. The van der Waals surface area contributed by atoms with Crippen LogP contribution in [0, 0.1) is 0 Å². The standard InChI is InChI=1S/C14H15F2N3O3/c15-14(16)22-11-3-1-2-10(6-11)12(20)7-18-13(21)8-19-5-4-17-9-19/h1-6,9,12,14,20H,7-8H2,(H,18,21). The smallest absolute Gasteiger partial charge is 0.387 e. The van der Waals surface area contributed by atoms with Crippen molar-refractivity contribution in [3.63, 3.8) is 0 Å². The summed E-state index contributed by atoms with van der Waals surface area (Å²) in [5, 5.41) is 12.5. The Balaban J connectivity index is 1.86. The molecule has 2 N–H and O–H groups in total. The van der Waals surface area contributed by atoms with E-state index in [0.29, 0.717) is 5.56 Å². The summed E-state index contributed by atoms with van der Waals surface area (Å²) >= 11 is 0. The van der Waals surface area contributed by atoms with Gasteiger partial charge in [0.1, 0.15) is 12.3 Å². The fourth-order valence-corrected chi connectivity index (χ4v) is 1.83. The van der Waals surface area contributed by atoms with Gasteiger partial charge in [0, 0.05) is 18.9 Å². The van der Waals surface area contributed by atoms with Crippen LogP contribution in [0.5, 0.6) is 5.75 Å². The van der Waals surface area contributed by atoms with Crippen molar-refractivity contribution in [2.24, 2.45) is 0 Å². The second-order valence-electron chi connectivity index (χ2n) is 4.51. The molecule has 0 saturated heterocycles. The highest BCUT2D eigenvalue weighted by Crippen LogP contribution is 2.20. The predicted molar refractivity (Wildman–Crippen MR) is 73.3 cm³/mol. The molecule has 0 fully saturated rings. The lowest BCUT2D eigenvalue weighted by Gasteiger charge is -2.14. The number of aliphatic hydroxyl groups is 1. The van der Waals surface area contributed by atoms with Gasteiger partial charge in [-0.25, -0.2) is 4.98 Å².